The summed E-state index contributed by atoms with van der Waals surface area (Å²) in [7, 11) is 0. The molecule has 3 heteroatoms. The zero-order valence-electron chi connectivity index (χ0n) is 10.0. The number of rotatable bonds is 4. The summed E-state index contributed by atoms with van der Waals surface area (Å²) in [4.78, 5) is 0. The van der Waals surface area contributed by atoms with E-state index in [0.717, 1.165) is 12.0 Å². The standard InChI is InChI=1S/C14H18ClFO/c1-14(17,8-10-3-2-4-10)9-11-5-6-12(16)7-13(11)15/h5-7,10,17H,2-4,8-9H2,1H3. The van der Waals surface area contributed by atoms with Crippen LogP contribution < -0.4 is 0 Å². The van der Waals surface area contributed by atoms with Crippen molar-refractivity contribution >= 4 is 11.6 Å². The minimum atomic E-state index is -0.743. The maximum Gasteiger partial charge on any atom is 0.124 e. The van der Waals surface area contributed by atoms with Crippen LogP contribution in [0, 0.1) is 11.7 Å². The van der Waals surface area contributed by atoms with E-state index in [2.05, 4.69) is 0 Å². The highest BCUT2D eigenvalue weighted by molar-refractivity contribution is 6.31. The van der Waals surface area contributed by atoms with Crippen LogP contribution in [0.5, 0.6) is 0 Å². The molecule has 94 valence electrons. The molecule has 0 spiro atoms. The normalized spacial score (nSPS) is 19.8. The molecular weight excluding hydrogens is 239 g/mol. The van der Waals surface area contributed by atoms with Gasteiger partial charge in [-0.1, -0.05) is 36.9 Å². The Morgan fingerprint density at radius 1 is 1.47 bits per heavy atom. The summed E-state index contributed by atoms with van der Waals surface area (Å²) in [6.45, 7) is 1.84. The molecule has 2 rings (SSSR count). The van der Waals surface area contributed by atoms with Gasteiger partial charge in [-0.15, -0.1) is 0 Å². The lowest BCUT2D eigenvalue weighted by molar-refractivity contribution is 0.0204. The van der Waals surface area contributed by atoms with E-state index in [0.29, 0.717) is 17.4 Å². The number of halogens is 2. The first-order chi connectivity index (χ1) is 7.96. The van der Waals surface area contributed by atoms with Crippen molar-refractivity contribution < 1.29 is 9.50 Å². The van der Waals surface area contributed by atoms with E-state index in [1.54, 1.807) is 6.07 Å². The first-order valence-electron chi connectivity index (χ1n) is 6.13. The van der Waals surface area contributed by atoms with Gasteiger partial charge in [-0.3, -0.25) is 0 Å². The van der Waals surface area contributed by atoms with Crippen LogP contribution in [0.3, 0.4) is 0 Å². The quantitative estimate of drug-likeness (QED) is 0.865. The van der Waals surface area contributed by atoms with E-state index >= 15 is 0 Å². The highest BCUT2D eigenvalue weighted by Gasteiger charge is 2.29. The van der Waals surface area contributed by atoms with Crippen molar-refractivity contribution in [2.75, 3.05) is 0 Å². The number of hydrogen-bond donors (Lipinski definition) is 1. The minimum Gasteiger partial charge on any atom is -0.390 e. The third-order valence-corrected chi connectivity index (χ3v) is 3.89. The number of benzene rings is 1. The van der Waals surface area contributed by atoms with E-state index < -0.39 is 5.60 Å². The van der Waals surface area contributed by atoms with Crippen LogP contribution in [0.4, 0.5) is 4.39 Å². The van der Waals surface area contributed by atoms with Crippen LogP contribution in [-0.4, -0.2) is 10.7 Å². The second-order valence-corrected chi connectivity index (χ2v) is 5.82. The Morgan fingerprint density at radius 3 is 2.71 bits per heavy atom. The van der Waals surface area contributed by atoms with Crippen molar-refractivity contribution in [3.63, 3.8) is 0 Å². The predicted molar refractivity (Wildman–Crippen MR) is 67.7 cm³/mol. The van der Waals surface area contributed by atoms with Crippen LogP contribution in [0.25, 0.3) is 0 Å². The van der Waals surface area contributed by atoms with Gasteiger partial charge in [0.1, 0.15) is 5.82 Å². The Labute approximate surface area is 107 Å². The number of hydrogen-bond acceptors (Lipinski definition) is 1. The van der Waals surface area contributed by atoms with Crippen LogP contribution in [0.1, 0.15) is 38.2 Å². The third-order valence-electron chi connectivity index (χ3n) is 3.54. The van der Waals surface area contributed by atoms with Crippen molar-refractivity contribution in [1.82, 2.24) is 0 Å². The van der Waals surface area contributed by atoms with Gasteiger partial charge in [0.25, 0.3) is 0 Å². The van der Waals surface area contributed by atoms with Crippen LogP contribution in [0.15, 0.2) is 18.2 Å². The monoisotopic (exact) mass is 256 g/mol. The van der Waals surface area contributed by atoms with E-state index in [1.165, 1.54) is 31.4 Å². The second-order valence-electron chi connectivity index (χ2n) is 5.41. The molecule has 17 heavy (non-hydrogen) atoms. The van der Waals surface area contributed by atoms with E-state index in [4.69, 9.17) is 11.6 Å². The molecule has 1 N–H and O–H groups in total. The Bertz CT molecular complexity index is 399. The average Bonchev–Trinajstić information content (AvgIpc) is 2.17. The van der Waals surface area contributed by atoms with Gasteiger partial charge in [-0.25, -0.2) is 4.39 Å². The molecule has 0 aliphatic heterocycles. The summed E-state index contributed by atoms with van der Waals surface area (Å²) < 4.78 is 12.9. The zero-order chi connectivity index (χ0) is 12.5. The van der Waals surface area contributed by atoms with Crippen molar-refractivity contribution in [2.45, 2.75) is 44.6 Å². The Balaban J connectivity index is 2.02. The molecule has 1 aliphatic rings. The van der Waals surface area contributed by atoms with E-state index in [-0.39, 0.29) is 5.82 Å². The zero-order valence-corrected chi connectivity index (χ0v) is 10.8. The summed E-state index contributed by atoms with van der Waals surface area (Å²) >= 11 is 5.97. The lowest BCUT2D eigenvalue weighted by atomic mass is 9.76. The summed E-state index contributed by atoms with van der Waals surface area (Å²) in [5, 5.41) is 10.7. The SMILES string of the molecule is CC(O)(Cc1ccc(F)cc1Cl)CC1CCC1. The summed E-state index contributed by atoms with van der Waals surface area (Å²) in [6.07, 6.45) is 5.00. The molecule has 0 saturated heterocycles. The summed E-state index contributed by atoms with van der Waals surface area (Å²) in [6, 6.07) is 4.35. The Hall–Kier alpha value is -0.600. The molecule has 1 aliphatic carbocycles. The molecule has 1 fully saturated rings. The lowest BCUT2D eigenvalue weighted by Gasteiger charge is -2.33. The van der Waals surface area contributed by atoms with Gasteiger partial charge in [-0.2, -0.15) is 0 Å². The van der Waals surface area contributed by atoms with Gasteiger partial charge in [0.05, 0.1) is 5.60 Å². The van der Waals surface area contributed by atoms with Crippen LogP contribution >= 0.6 is 11.6 Å². The van der Waals surface area contributed by atoms with Crippen molar-refractivity contribution in [2.24, 2.45) is 5.92 Å². The largest absolute Gasteiger partial charge is 0.390 e. The first kappa shape index (κ1) is 12.8. The van der Waals surface area contributed by atoms with Gasteiger partial charge in [0.2, 0.25) is 0 Å². The first-order valence-corrected chi connectivity index (χ1v) is 6.50. The third kappa shape index (κ3) is 3.43. The summed E-state index contributed by atoms with van der Waals surface area (Å²) in [5.41, 5.74) is 0.0735. The van der Waals surface area contributed by atoms with Crippen molar-refractivity contribution in [3.8, 4) is 0 Å². The molecule has 1 atom stereocenters. The molecule has 1 aromatic rings. The molecule has 1 nitrogen and oxygen atoms in total. The molecule has 0 amide bonds. The van der Waals surface area contributed by atoms with Gasteiger partial charge in [0, 0.05) is 11.4 Å². The summed E-state index contributed by atoms with van der Waals surface area (Å²) in [5.74, 6) is 0.307. The van der Waals surface area contributed by atoms with Gasteiger partial charge in [-0.05, 0) is 37.0 Å². The highest BCUT2D eigenvalue weighted by Crippen LogP contribution is 2.35. The van der Waals surface area contributed by atoms with E-state index in [9.17, 15) is 9.50 Å². The fourth-order valence-electron chi connectivity index (χ4n) is 2.47. The molecule has 0 heterocycles. The van der Waals surface area contributed by atoms with Gasteiger partial charge in [0.15, 0.2) is 0 Å². The van der Waals surface area contributed by atoms with Gasteiger partial charge >= 0.3 is 0 Å². The van der Waals surface area contributed by atoms with Crippen LogP contribution in [-0.2, 0) is 6.42 Å². The number of aliphatic hydroxyl groups is 1. The molecule has 1 unspecified atom stereocenters. The Morgan fingerprint density at radius 2 is 2.18 bits per heavy atom. The second kappa shape index (κ2) is 4.95. The van der Waals surface area contributed by atoms with Gasteiger partial charge < -0.3 is 5.11 Å². The molecule has 1 aromatic carbocycles. The fourth-order valence-corrected chi connectivity index (χ4v) is 2.70. The maximum absolute atomic E-state index is 12.9. The predicted octanol–water partition coefficient (Wildman–Crippen LogP) is 3.96. The van der Waals surface area contributed by atoms with Crippen molar-refractivity contribution in [3.05, 3.63) is 34.6 Å². The van der Waals surface area contributed by atoms with E-state index in [1.807, 2.05) is 6.92 Å². The topological polar surface area (TPSA) is 20.2 Å². The molecule has 0 radical (unpaired) electrons. The lowest BCUT2D eigenvalue weighted by Crippen LogP contribution is -2.32. The van der Waals surface area contributed by atoms with Crippen LogP contribution in [0.2, 0.25) is 5.02 Å². The molecule has 0 aromatic heterocycles. The molecule has 1 saturated carbocycles. The molecule has 0 bridgehead atoms. The van der Waals surface area contributed by atoms with Crippen molar-refractivity contribution in [1.29, 1.82) is 0 Å². The minimum absolute atomic E-state index is 0.336. The highest BCUT2D eigenvalue weighted by atomic mass is 35.5. The fraction of sp³-hybridized carbons (Fsp3) is 0.571. The molecular formula is C14H18ClFO. The smallest absolute Gasteiger partial charge is 0.124 e. The Kier molecular flexibility index (Phi) is 3.74. The maximum atomic E-state index is 12.9. The average molecular weight is 257 g/mol.